The summed E-state index contributed by atoms with van der Waals surface area (Å²) < 4.78 is 12.3. The molecule has 6 heteroatoms. The molecule has 0 fully saturated rings. The molecular weight excluding hydrogens is 418 g/mol. The Bertz CT molecular complexity index is 741. The molecule has 3 rings (SSSR count). The highest BCUT2D eigenvalue weighted by Crippen LogP contribution is 2.37. The Morgan fingerprint density at radius 3 is 2.62 bits per heavy atom. The van der Waals surface area contributed by atoms with Crippen molar-refractivity contribution < 1.29 is 14.6 Å². The number of aliphatic hydroxyl groups is 1. The predicted molar refractivity (Wildman–Crippen MR) is 109 cm³/mol. The lowest BCUT2D eigenvalue weighted by atomic mass is 10.1. The van der Waals surface area contributed by atoms with Crippen LogP contribution in [-0.4, -0.2) is 24.4 Å². The van der Waals surface area contributed by atoms with Gasteiger partial charge in [0, 0.05) is 13.0 Å². The Balaban J connectivity index is 0.00000243. The van der Waals surface area contributed by atoms with Gasteiger partial charge in [-0.1, -0.05) is 24.3 Å². The van der Waals surface area contributed by atoms with Crippen LogP contribution >= 0.6 is 28.3 Å². The van der Waals surface area contributed by atoms with Crippen LogP contribution in [0.25, 0.3) is 0 Å². The zero-order valence-electron chi connectivity index (χ0n) is 15.0. The SMILES string of the molecule is CCOc1cc(CN[C@H]2c3ccccc3C[C@H]2O)cc(Br)c1OCC.Cl. The van der Waals surface area contributed by atoms with Gasteiger partial charge in [-0.05, 0) is 58.6 Å². The number of halogens is 2. The number of benzene rings is 2. The number of ether oxygens (including phenoxy) is 2. The van der Waals surface area contributed by atoms with Crippen LogP contribution in [0.15, 0.2) is 40.9 Å². The van der Waals surface area contributed by atoms with E-state index in [1.165, 1.54) is 11.1 Å². The van der Waals surface area contributed by atoms with E-state index in [-0.39, 0.29) is 18.4 Å². The van der Waals surface area contributed by atoms with Crippen LogP contribution in [0.4, 0.5) is 0 Å². The van der Waals surface area contributed by atoms with Crippen molar-refractivity contribution in [2.45, 2.75) is 39.0 Å². The summed E-state index contributed by atoms with van der Waals surface area (Å²) in [6, 6.07) is 12.2. The standard InChI is InChI=1S/C20H24BrNO3.ClH/c1-3-24-18-10-13(9-16(21)20(18)25-4-2)12-22-19-15-8-6-5-7-14(15)11-17(19)23;/h5-10,17,19,22-23H,3-4,11-12H2,1-2H3;1H/t17-,19+;/m1./s1. The maximum Gasteiger partial charge on any atom is 0.175 e. The molecule has 1 aliphatic rings. The average molecular weight is 443 g/mol. The molecule has 0 aliphatic heterocycles. The summed E-state index contributed by atoms with van der Waals surface area (Å²) >= 11 is 3.58. The highest BCUT2D eigenvalue weighted by Gasteiger charge is 2.30. The van der Waals surface area contributed by atoms with Gasteiger partial charge in [-0.15, -0.1) is 12.4 Å². The number of nitrogens with one attached hydrogen (secondary N) is 1. The minimum absolute atomic E-state index is 0. The molecule has 26 heavy (non-hydrogen) atoms. The quantitative estimate of drug-likeness (QED) is 0.666. The van der Waals surface area contributed by atoms with Crippen LogP contribution in [0, 0.1) is 0 Å². The molecule has 4 nitrogen and oxygen atoms in total. The molecule has 1 aliphatic carbocycles. The molecule has 0 heterocycles. The van der Waals surface area contributed by atoms with E-state index in [0.717, 1.165) is 21.5 Å². The zero-order valence-corrected chi connectivity index (χ0v) is 17.4. The molecule has 0 saturated heterocycles. The summed E-state index contributed by atoms with van der Waals surface area (Å²) in [7, 11) is 0. The van der Waals surface area contributed by atoms with Crippen molar-refractivity contribution in [3.05, 3.63) is 57.6 Å². The minimum atomic E-state index is -0.394. The van der Waals surface area contributed by atoms with Crippen LogP contribution in [0.5, 0.6) is 11.5 Å². The summed E-state index contributed by atoms with van der Waals surface area (Å²) in [5.74, 6) is 1.47. The molecule has 0 saturated carbocycles. The van der Waals surface area contributed by atoms with Crippen molar-refractivity contribution in [1.82, 2.24) is 5.32 Å². The summed E-state index contributed by atoms with van der Waals surface area (Å²) in [5.41, 5.74) is 3.48. The third kappa shape index (κ3) is 4.52. The Labute approximate surface area is 169 Å². The van der Waals surface area contributed by atoms with Crippen LogP contribution in [0.2, 0.25) is 0 Å². The summed E-state index contributed by atoms with van der Waals surface area (Å²) in [6.07, 6.45) is 0.306. The average Bonchev–Trinajstić information content (AvgIpc) is 2.91. The van der Waals surface area contributed by atoms with Crippen molar-refractivity contribution >= 4 is 28.3 Å². The molecule has 2 aromatic rings. The first-order valence-electron chi connectivity index (χ1n) is 8.71. The monoisotopic (exact) mass is 441 g/mol. The van der Waals surface area contributed by atoms with E-state index >= 15 is 0 Å². The maximum absolute atomic E-state index is 10.4. The Kier molecular flexibility index (Phi) is 7.77. The van der Waals surface area contributed by atoms with E-state index in [4.69, 9.17) is 9.47 Å². The van der Waals surface area contributed by atoms with E-state index in [2.05, 4.69) is 33.4 Å². The third-order valence-electron chi connectivity index (χ3n) is 4.39. The number of aliphatic hydroxyl groups excluding tert-OH is 1. The normalized spacial score (nSPS) is 18.2. The third-order valence-corrected chi connectivity index (χ3v) is 4.98. The van der Waals surface area contributed by atoms with Gasteiger partial charge < -0.3 is 19.9 Å². The van der Waals surface area contributed by atoms with Crippen molar-refractivity contribution in [1.29, 1.82) is 0 Å². The van der Waals surface area contributed by atoms with E-state index in [9.17, 15) is 5.11 Å². The van der Waals surface area contributed by atoms with Gasteiger partial charge in [0.25, 0.3) is 0 Å². The van der Waals surface area contributed by atoms with Gasteiger partial charge in [0.15, 0.2) is 11.5 Å². The number of hydrogen-bond donors (Lipinski definition) is 2. The molecular formula is C20H25BrClNO3. The van der Waals surface area contributed by atoms with Gasteiger partial charge in [0.05, 0.1) is 29.8 Å². The second-order valence-corrected chi connectivity index (χ2v) is 6.95. The maximum atomic E-state index is 10.4. The van der Waals surface area contributed by atoms with E-state index in [0.29, 0.717) is 26.2 Å². The van der Waals surface area contributed by atoms with Crippen molar-refractivity contribution in [2.75, 3.05) is 13.2 Å². The van der Waals surface area contributed by atoms with Crippen molar-refractivity contribution in [3.63, 3.8) is 0 Å². The summed E-state index contributed by atoms with van der Waals surface area (Å²) in [4.78, 5) is 0. The Morgan fingerprint density at radius 2 is 1.88 bits per heavy atom. The fourth-order valence-corrected chi connectivity index (χ4v) is 3.92. The number of fused-ring (bicyclic) bond motifs is 1. The number of rotatable bonds is 7. The largest absolute Gasteiger partial charge is 0.490 e. The Hall–Kier alpha value is -1.27. The fourth-order valence-electron chi connectivity index (χ4n) is 3.32. The first kappa shape index (κ1) is 21.0. The molecule has 0 spiro atoms. The molecule has 2 N–H and O–H groups in total. The second kappa shape index (κ2) is 9.60. The van der Waals surface area contributed by atoms with Crippen LogP contribution in [0.1, 0.15) is 36.6 Å². The van der Waals surface area contributed by atoms with Gasteiger partial charge >= 0.3 is 0 Å². The summed E-state index contributed by atoms with van der Waals surface area (Å²) in [5, 5.41) is 13.9. The molecule has 0 amide bonds. The van der Waals surface area contributed by atoms with Gasteiger partial charge in [-0.2, -0.15) is 0 Å². The molecule has 0 radical (unpaired) electrons. The highest BCUT2D eigenvalue weighted by atomic mass is 79.9. The lowest BCUT2D eigenvalue weighted by Crippen LogP contribution is -2.28. The molecule has 2 aromatic carbocycles. The van der Waals surface area contributed by atoms with Gasteiger partial charge in [0.2, 0.25) is 0 Å². The van der Waals surface area contributed by atoms with Gasteiger partial charge in [-0.25, -0.2) is 0 Å². The first-order valence-corrected chi connectivity index (χ1v) is 9.50. The summed E-state index contributed by atoms with van der Waals surface area (Å²) in [6.45, 7) is 5.72. The van der Waals surface area contributed by atoms with Crippen molar-refractivity contribution in [3.8, 4) is 11.5 Å². The van der Waals surface area contributed by atoms with E-state index in [1.807, 2.05) is 38.1 Å². The minimum Gasteiger partial charge on any atom is -0.490 e. The lowest BCUT2D eigenvalue weighted by Gasteiger charge is -2.19. The molecule has 142 valence electrons. The van der Waals surface area contributed by atoms with Crippen LogP contribution in [-0.2, 0) is 13.0 Å². The molecule has 0 bridgehead atoms. The fraction of sp³-hybridized carbons (Fsp3) is 0.400. The smallest absolute Gasteiger partial charge is 0.175 e. The van der Waals surface area contributed by atoms with Crippen LogP contribution in [0.3, 0.4) is 0 Å². The lowest BCUT2D eigenvalue weighted by molar-refractivity contribution is 0.140. The van der Waals surface area contributed by atoms with Gasteiger partial charge in [0.1, 0.15) is 0 Å². The first-order chi connectivity index (χ1) is 12.1. The van der Waals surface area contributed by atoms with E-state index < -0.39 is 6.10 Å². The molecule has 2 atom stereocenters. The molecule has 0 unspecified atom stereocenters. The zero-order chi connectivity index (χ0) is 17.8. The van der Waals surface area contributed by atoms with Crippen LogP contribution < -0.4 is 14.8 Å². The molecule has 0 aromatic heterocycles. The number of hydrogen-bond acceptors (Lipinski definition) is 4. The van der Waals surface area contributed by atoms with E-state index in [1.54, 1.807) is 0 Å². The Morgan fingerprint density at radius 1 is 1.15 bits per heavy atom. The second-order valence-electron chi connectivity index (χ2n) is 6.10. The highest BCUT2D eigenvalue weighted by molar-refractivity contribution is 9.10. The topological polar surface area (TPSA) is 50.7 Å². The van der Waals surface area contributed by atoms with Crippen molar-refractivity contribution in [2.24, 2.45) is 0 Å². The van der Waals surface area contributed by atoms with Gasteiger partial charge in [-0.3, -0.25) is 0 Å². The predicted octanol–water partition coefficient (Wildman–Crippen LogP) is 4.42.